The molecule has 0 aliphatic rings. The van der Waals surface area contributed by atoms with E-state index < -0.39 is 5.97 Å². The van der Waals surface area contributed by atoms with Gasteiger partial charge < -0.3 is 15.2 Å². The number of thioether (sulfide) groups is 1. The van der Waals surface area contributed by atoms with Crippen molar-refractivity contribution < 1.29 is 19.5 Å². The maximum atomic E-state index is 12.4. The number of hydrogen-bond donors (Lipinski definition) is 2. The minimum atomic E-state index is -0.822. The fourth-order valence-corrected chi connectivity index (χ4v) is 2.90. The van der Waals surface area contributed by atoms with Gasteiger partial charge in [-0.25, -0.2) is 4.98 Å². The lowest BCUT2D eigenvalue weighted by molar-refractivity contribution is -0.135. The van der Waals surface area contributed by atoms with Gasteiger partial charge in [0.1, 0.15) is 6.79 Å². The molecule has 0 amide bonds. The normalized spacial score (nSPS) is 9.12. The van der Waals surface area contributed by atoms with Crippen LogP contribution in [0, 0.1) is 6.92 Å². The molecular weight excluding hydrogens is 444 g/mol. The van der Waals surface area contributed by atoms with Crippen molar-refractivity contribution in [1.82, 2.24) is 10.3 Å². The number of benzene rings is 2. The van der Waals surface area contributed by atoms with Crippen LogP contribution in [0.25, 0.3) is 11.1 Å². The number of likely N-dealkylation sites (N-methyl/N-ethyl adjacent to an activating group) is 1. The third-order valence-electron chi connectivity index (χ3n) is 3.83. The van der Waals surface area contributed by atoms with Gasteiger partial charge in [0, 0.05) is 17.1 Å². The van der Waals surface area contributed by atoms with E-state index in [-0.39, 0.29) is 12.3 Å². The molecular formula is C24H30N2O4S2. The van der Waals surface area contributed by atoms with Crippen LogP contribution < -0.4 is 5.32 Å². The second kappa shape index (κ2) is 17.8. The van der Waals surface area contributed by atoms with Crippen molar-refractivity contribution in [2.45, 2.75) is 13.8 Å². The van der Waals surface area contributed by atoms with E-state index in [1.807, 2.05) is 60.3 Å². The van der Waals surface area contributed by atoms with Crippen LogP contribution in [0.1, 0.15) is 27.9 Å². The maximum Gasteiger partial charge on any atom is 0.317 e. The number of nitrogens with zero attached hydrogens (tertiary/aromatic N) is 1. The summed E-state index contributed by atoms with van der Waals surface area (Å²) in [6.45, 7) is 6.24. The minimum absolute atomic E-state index is 0.0165. The lowest BCUT2D eigenvalue weighted by Crippen LogP contribution is -2.16. The molecule has 0 saturated heterocycles. The van der Waals surface area contributed by atoms with Crippen LogP contribution in [0.5, 0.6) is 0 Å². The van der Waals surface area contributed by atoms with Gasteiger partial charge in [0.05, 0.1) is 6.54 Å². The average molecular weight is 475 g/mol. The molecule has 0 atom stereocenters. The second-order valence-corrected chi connectivity index (χ2v) is 8.11. The van der Waals surface area contributed by atoms with Gasteiger partial charge in [-0.2, -0.15) is 11.8 Å². The Morgan fingerprint density at radius 1 is 1.16 bits per heavy atom. The number of ketones is 1. The van der Waals surface area contributed by atoms with Crippen LogP contribution in [-0.2, 0) is 9.59 Å². The van der Waals surface area contributed by atoms with Crippen LogP contribution in [0.4, 0.5) is 0 Å². The Labute approximate surface area is 198 Å². The highest BCUT2D eigenvalue weighted by Crippen LogP contribution is 2.25. The van der Waals surface area contributed by atoms with Crippen molar-refractivity contribution in [2.75, 3.05) is 25.6 Å². The number of hydrogen-bond acceptors (Lipinski definition) is 7. The molecule has 0 radical (unpaired) electrons. The lowest BCUT2D eigenvalue weighted by atomic mass is 9.97. The molecule has 0 spiro atoms. The highest BCUT2D eigenvalue weighted by Gasteiger charge is 2.13. The number of carbonyl (C=O) groups is 3. The fraction of sp³-hybridized carbons (Fsp3) is 0.250. The van der Waals surface area contributed by atoms with E-state index in [1.54, 1.807) is 13.2 Å². The quantitative estimate of drug-likeness (QED) is 0.494. The Morgan fingerprint density at radius 3 is 2.22 bits per heavy atom. The third-order valence-corrected chi connectivity index (χ3v) is 5.18. The van der Waals surface area contributed by atoms with Crippen molar-refractivity contribution in [3.63, 3.8) is 0 Å². The summed E-state index contributed by atoms with van der Waals surface area (Å²) in [6, 6.07) is 15.9. The second-order valence-electron chi connectivity index (χ2n) is 6.06. The van der Waals surface area contributed by atoms with Crippen LogP contribution >= 0.6 is 23.1 Å². The number of aliphatic carboxylic acids is 1. The highest BCUT2D eigenvalue weighted by molar-refractivity contribution is 7.98. The third kappa shape index (κ3) is 11.0. The minimum Gasteiger partial charge on any atom is -0.480 e. The number of nitrogens with one attached hydrogen (secondary N) is 1. The molecule has 1 aromatic heterocycles. The van der Waals surface area contributed by atoms with Gasteiger partial charge in [-0.15, -0.1) is 11.3 Å². The van der Waals surface area contributed by atoms with Gasteiger partial charge in [0.2, 0.25) is 5.78 Å². The van der Waals surface area contributed by atoms with Crippen molar-refractivity contribution in [3.8, 4) is 11.1 Å². The van der Waals surface area contributed by atoms with E-state index in [0.717, 1.165) is 16.7 Å². The molecule has 0 bridgehead atoms. The zero-order valence-electron chi connectivity index (χ0n) is 18.8. The van der Waals surface area contributed by atoms with Crippen molar-refractivity contribution in [2.24, 2.45) is 0 Å². The average Bonchev–Trinajstić information content (AvgIpc) is 3.36. The van der Waals surface area contributed by atoms with Gasteiger partial charge >= 0.3 is 5.97 Å². The number of aryl methyl sites for hydroxylation is 1. The molecule has 3 rings (SSSR count). The van der Waals surface area contributed by atoms with E-state index in [4.69, 9.17) is 9.90 Å². The molecule has 6 nitrogen and oxygen atoms in total. The van der Waals surface area contributed by atoms with Gasteiger partial charge in [-0.3, -0.25) is 9.59 Å². The van der Waals surface area contributed by atoms with E-state index in [2.05, 4.69) is 42.5 Å². The SMILES string of the molecule is C=O.CCSC.CNCC(=O)O.Cc1ccc(C(=O)c2nccs2)cc1-c1ccccc1. The Hall–Kier alpha value is -2.81. The molecule has 3 aromatic rings. The fourth-order valence-electron chi connectivity index (χ4n) is 2.30. The smallest absolute Gasteiger partial charge is 0.317 e. The summed E-state index contributed by atoms with van der Waals surface area (Å²) in [6.07, 6.45) is 3.75. The number of carboxylic acids is 1. The Kier molecular flexibility index (Phi) is 16.3. The predicted molar refractivity (Wildman–Crippen MR) is 135 cm³/mol. The van der Waals surface area contributed by atoms with E-state index in [1.165, 1.54) is 17.1 Å². The van der Waals surface area contributed by atoms with Gasteiger partial charge in [0.25, 0.3) is 0 Å². The first-order valence-electron chi connectivity index (χ1n) is 9.69. The zero-order valence-corrected chi connectivity index (χ0v) is 20.5. The lowest BCUT2D eigenvalue weighted by Gasteiger charge is -2.08. The molecule has 0 aliphatic heterocycles. The standard InChI is InChI=1S/C17H13NOS.C3H7NO2.C3H8S.CH2O/c1-12-7-8-14(16(19)17-18-9-10-20-17)11-15(12)13-5-3-2-4-6-13;1-4-2-3(5)6;1-3-4-2;1-2/h2-11H,1H3;4H,2H2,1H3,(H,5,6);3H2,1-2H3;1H2. The van der Waals surface area contributed by atoms with Crippen LogP contribution in [0.3, 0.4) is 0 Å². The summed E-state index contributed by atoms with van der Waals surface area (Å²) in [7, 11) is 1.59. The molecule has 2 aromatic carbocycles. The monoisotopic (exact) mass is 474 g/mol. The number of aromatic nitrogens is 1. The van der Waals surface area contributed by atoms with Crippen molar-refractivity contribution in [3.05, 3.63) is 76.2 Å². The molecule has 0 aliphatic carbocycles. The summed E-state index contributed by atoms with van der Waals surface area (Å²) in [5.74, 6) is 0.398. The van der Waals surface area contributed by atoms with Crippen LogP contribution in [0.15, 0.2) is 60.1 Å². The largest absolute Gasteiger partial charge is 0.480 e. The summed E-state index contributed by atoms with van der Waals surface area (Å²) >= 11 is 3.23. The molecule has 0 saturated carbocycles. The topological polar surface area (TPSA) is 96.4 Å². The summed E-state index contributed by atoms with van der Waals surface area (Å²) in [5.41, 5.74) is 4.06. The number of carbonyl (C=O) groups excluding carboxylic acids is 2. The van der Waals surface area contributed by atoms with Crippen LogP contribution in [-0.4, -0.2) is 54.2 Å². The highest BCUT2D eigenvalue weighted by atomic mass is 32.2. The van der Waals surface area contributed by atoms with Gasteiger partial charge in [-0.1, -0.05) is 49.4 Å². The van der Waals surface area contributed by atoms with Gasteiger partial charge in [0.15, 0.2) is 5.01 Å². The molecule has 2 N–H and O–H groups in total. The van der Waals surface area contributed by atoms with E-state index >= 15 is 0 Å². The Bertz CT molecular complexity index is 915. The number of rotatable bonds is 6. The molecule has 0 fully saturated rings. The first kappa shape index (κ1) is 29.2. The van der Waals surface area contributed by atoms with E-state index in [0.29, 0.717) is 10.6 Å². The number of carboxylic acid groups (broad SMARTS) is 1. The van der Waals surface area contributed by atoms with Crippen molar-refractivity contribution >= 4 is 41.6 Å². The predicted octanol–water partition coefficient (Wildman–Crippen LogP) is 4.82. The first-order chi connectivity index (χ1) is 15.4. The van der Waals surface area contributed by atoms with Crippen LogP contribution in [0.2, 0.25) is 0 Å². The summed E-state index contributed by atoms with van der Waals surface area (Å²) in [4.78, 5) is 34.0. The Morgan fingerprint density at radius 2 is 1.78 bits per heavy atom. The molecule has 32 heavy (non-hydrogen) atoms. The number of thiazole rings is 1. The molecule has 172 valence electrons. The zero-order chi connectivity index (χ0) is 24.4. The first-order valence-corrected chi connectivity index (χ1v) is 12.0. The van der Waals surface area contributed by atoms with E-state index in [9.17, 15) is 9.59 Å². The summed E-state index contributed by atoms with van der Waals surface area (Å²) < 4.78 is 0. The molecule has 1 heterocycles. The molecule has 8 heteroatoms. The van der Waals surface area contributed by atoms with Crippen molar-refractivity contribution in [1.29, 1.82) is 0 Å². The van der Waals surface area contributed by atoms with Gasteiger partial charge in [-0.05, 0) is 48.7 Å². The maximum absolute atomic E-state index is 12.4. The Balaban J connectivity index is 0.000000671. The summed E-state index contributed by atoms with van der Waals surface area (Å²) in [5, 5.41) is 12.7. The molecule has 0 unspecified atom stereocenters.